The van der Waals surface area contributed by atoms with Gasteiger partial charge in [0.25, 0.3) is 0 Å². The summed E-state index contributed by atoms with van der Waals surface area (Å²) >= 11 is 0. The van der Waals surface area contributed by atoms with Crippen LogP contribution in [0.2, 0.25) is 0 Å². The summed E-state index contributed by atoms with van der Waals surface area (Å²) in [4.78, 5) is 12.0. The van der Waals surface area contributed by atoms with Crippen LogP contribution < -0.4 is 4.74 Å². The molecule has 2 saturated heterocycles. The third-order valence-electron chi connectivity index (χ3n) is 7.70. The van der Waals surface area contributed by atoms with Crippen molar-refractivity contribution in [1.29, 1.82) is 0 Å². The van der Waals surface area contributed by atoms with E-state index in [4.69, 9.17) is 14.2 Å². The first kappa shape index (κ1) is 20.7. The van der Waals surface area contributed by atoms with Crippen molar-refractivity contribution in [2.45, 2.75) is 63.3 Å². The van der Waals surface area contributed by atoms with Crippen molar-refractivity contribution in [1.82, 2.24) is 0 Å². The molecular formula is C27H32O4. The van der Waals surface area contributed by atoms with Crippen molar-refractivity contribution >= 4 is 5.78 Å². The molecule has 1 aromatic carbocycles. The Morgan fingerprint density at radius 2 is 1.90 bits per heavy atom. The summed E-state index contributed by atoms with van der Waals surface area (Å²) in [6.07, 6.45) is 10.0. The molecule has 6 rings (SSSR count). The molecule has 3 aliphatic carbocycles. The average Bonchev–Trinajstić information content (AvgIpc) is 3.42. The Kier molecular flexibility index (Phi) is 5.39. The second kappa shape index (κ2) is 8.07. The number of ether oxygens (including phenoxy) is 3. The van der Waals surface area contributed by atoms with E-state index in [-0.39, 0.29) is 17.5 Å². The monoisotopic (exact) mass is 420 g/mol. The molecule has 0 amide bonds. The van der Waals surface area contributed by atoms with Crippen LogP contribution in [-0.4, -0.2) is 31.2 Å². The quantitative estimate of drug-likeness (QED) is 0.468. The van der Waals surface area contributed by atoms with Gasteiger partial charge in [0.05, 0.1) is 19.8 Å². The van der Waals surface area contributed by atoms with E-state index in [1.165, 1.54) is 35.1 Å². The van der Waals surface area contributed by atoms with Gasteiger partial charge in [0.15, 0.2) is 5.78 Å². The van der Waals surface area contributed by atoms with E-state index < -0.39 is 0 Å². The molecule has 1 aromatic rings. The molecule has 0 N–H and O–H groups in total. The van der Waals surface area contributed by atoms with Gasteiger partial charge >= 0.3 is 0 Å². The summed E-state index contributed by atoms with van der Waals surface area (Å²) in [5, 5.41) is 0. The van der Waals surface area contributed by atoms with Gasteiger partial charge < -0.3 is 14.2 Å². The fourth-order valence-electron chi connectivity index (χ4n) is 6.35. The molecule has 4 nitrogen and oxygen atoms in total. The molecule has 31 heavy (non-hydrogen) atoms. The standard InChI is InChI=1S/C24H26O4.C3H6/c1-26-17-6-2-14(3-7-17)23-22-18-9-5-16(25)12-15(18)4-8-19(22)20-10-11-21-24(20,28-21)13-27-23;1-3-2/h2-3,6-7,12,19-21,23H,4-5,8-11,13H2,1H3;3H,1H2,2H3/t19?,20?,21-,23+,24+;/m0./s1. The van der Waals surface area contributed by atoms with E-state index >= 15 is 0 Å². The molecule has 5 aliphatic rings. The molecule has 1 spiro atoms. The Hall–Kier alpha value is -2.17. The van der Waals surface area contributed by atoms with E-state index in [2.05, 4.69) is 18.7 Å². The zero-order valence-electron chi connectivity index (χ0n) is 18.6. The van der Waals surface area contributed by atoms with Gasteiger partial charge in [-0.05, 0) is 91.4 Å². The number of benzene rings is 1. The highest BCUT2D eigenvalue weighted by Gasteiger charge is 2.68. The second-order valence-corrected chi connectivity index (χ2v) is 9.33. The number of hydrogen-bond donors (Lipinski definition) is 0. The first-order valence-electron chi connectivity index (χ1n) is 11.6. The van der Waals surface area contributed by atoms with Crippen molar-refractivity contribution < 1.29 is 19.0 Å². The van der Waals surface area contributed by atoms with Crippen molar-refractivity contribution in [3.8, 4) is 5.75 Å². The van der Waals surface area contributed by atoms with Crippen molar-refractivity contribution in [3.63, 3.8) is 0 Å². The molecule has 0 radical (unpaired) electrons. The summed E-state index contributed by atoms with van der Waals surface area (Å²) in [7, 11) is 1.69. The maximum absolute atomic E-state index is 12.0. The average molecular weight is 421 g/mol. The highest BCUT2D eigenvalue weighted by Crippen LogP contribution is 2.63. The summed E-state index contributed by atoms with van der Waals surface area (Å²) in [6, 6.07) is 8.29. The molecule has 5 atom stereocenters. The lowest BCUT2D eigenvalue weighted by Crippen LogP contribution is -2.33. The van der Waals surface area contributed by atoms with Gasteiger partial charge in [0.2, 0.25) is 0 Å². The minimum atomic E-state index is -0.0522. The van der Waals surface area contributed by atoms with Crippen LogP contribution >= 0.6 is 0 Å². The van der Waals surface area contributed by atoms with Crippen molar-refractivity contribution in [3.05, 3.63) is 65.3 Å². The lowest BCUT2D eigenvalue weighted by atomic mass is 9.67. The molecule has 3 fully saturated rings. The van der Waals surface area contributed by atoms with Gasteiger partial charge in [-0.1, -0.05) is 18.2 Å². The van der Waals surface area contributed by atoms with Gasteiger partial charge in [0.1, 0.15) is 17.5 Å². The number of hydrogen-bond acceptors (Lipinski definition) is 4. The first-order chi connectivity index (χ1) is 15.1. The van der Waals surface area contributed by atoms with Crippen LogP contribution in [0.15, 0.2) is 59.7 Å². The normalized spacial score (nSPS) is 35.3. The van der Waals surface area contributed by atoms with Gasteiger partial charge in [-0.15, -0.1) is 6.58 Å². The van der Waals surface area contributed by atoms with Gasteiger partial charge in [-0.25, -0.2) is 0 Å². The molecule has 2 heterocycles. The molecule has 0 aromatic heterocycles. The van der Waals surface area contributed by atoms with Crippen LogP contribution in [-0.2, 0) is 14.3 Å². The lowest BCUT2D eigenvalue weighted by Gasteiger charge is -2.38. The third-order valence-corrected chi connectivity index (χ3v) is 7.70. The van der Waals surface area contributed by atoms with Crippen LogP contribution in [0.4, 0.5) is 0 Å². The number of epoxide rings is 1. The van der Waals surface area contributed by atoms with E-state index in [9.17, 15) is 4.79 Å². The Bertz CT molecular complexity index is 940. The topological polar surface area (TPSA) is 48.1 Å². The number of ketones is 1. The number of methoxy groups -OCH3 is 1. The van der Waals surface area contributed by atoms with Crippen LogP contribution in [0.25, 0.3) is 0 Å². The van der Waals surface area contributed by atoms with E-state index in [1.807, 2.05) is 25.1 Å². The molecule has 2 unspecified atom stereocenters. The van der Waals surface area contributed by atoms with E-state index in [0.717, 1.165) is 25.0 Å². The predicted molar refractivity (Wildman–Crippen MR) is 120 cm³/mol. The molecule has 2 aliphatic heterocycles. The number of allylic oxidation sites excluding steroid dienone is 4. The summed E-state index contributed by atoms with van der Waals surface area (Å²) in [5.41, 5.74) is 5.22. The Labute approximate surface area is 185 Å². The fraction of sp³-hybridized carbons (Fsp3) is 0.519. The van der Waals surface area contributed by atoms with E-state index in [0.29, 0.717) is 31.0 Å². The number of carbonyl (C=O) groups excluding carboxylic acids is 1. The molecule has 1 saturated carbocycles. The second-order valence-electron chi connectivity index (χ2n) is 9.33. The maximum Gasteiger partial charge on any atom is 0.156 e. The minimum Gasteiger partial charge on any atom is -0.497 e. The third kappa shape index (κ3) is 3.41. The number of carbonyl (C=O) groups is 1. The number of fused-ring (bicyclic) bond motifs is 3. The number of rotatable bonds is 2. The fourth-order valence-corrected chi connectivity index (χ4v) is 6.35. The Morgan fingerprint density at radius 3 is 2.61 bits per heavy atom. The van der Waals surface area contributed by atoms with Crippen molar-refractivity contribution in [2.24, 2.45) is 11.8 Å². The zero-order valence-corrected chi connectivity index (χ0v) is 18.6. The van der Waals surface area contributed by atoms with Gasteiger partial charge in [-0.2, -0.15) is 0 Å². The largest absolute Gasteiger partial charge is 0.497 e. The first-order valence-corrected chi connectivity index (χ1v) is 11.6. The lowest BCUT2D eigenvalue weighted by molar-refractivity contribution is -0.114. The predicted octanol–water partition coefficient (Wildman–Crippen LogP) is 5.50. The molecule has 164 valence electrons. The molecule has 4 heteroatoms. The van der Waals surface area contributed by atoms with Crippen LogP contribution in [0, 0.1) is 11.8 Å². The van der Waals surface area contributed by atoms with Gasteiger partial charge in [-0.3, -0.25) is 4.79 Å². The smallest absolute Gasteiger partial charge is 0.156 e. The molecule has 0 bridgehead atoms. The summed E-state index contributed by atoms with van der Waals surface area (Å²) in [6.45, 7) is 5.93. The summed E-state index contributed by atoms with van der Waals surface area (Å²) in [5.74, 6) is 2.20. The van der Waals surface area contributed by atoms with Crippen LogP contribution in [0.3, 0.4) is 0 Å². The minimum absolute atomic E-state index is 0.0485. The van der Waals surface area contributed by atoms with Crippen molar-refractivity contribution in [2.75, 3.05) is 13.7 Å². The van der Waals surface area contributed by atoms with Gasteiger partial charge in [0, 0.05) is 6.42 Å². The molecular weight excluding hydrogens is 388 g/mol. The highest BCUT2D eigenvalue weighted by molar-refractivity contribution is 5.93. The Morgan fingerprint density at radius 1 is 1.13 bits per heavy atom. The maximum atomic E-state index is 12.0. The summed E-state index contributed by atoms with van der Waals surface area (Å²) < 4.78 is 18.2. The highest BCUT2D eigenvalue weighted by atomic mass is 16.6. The SMILES string of the molecule is C=CC.COc1ccc([C@H]2OC[C@]34O[C@H]3CCC4C3CCC4=CC(=O)CCC4=C32)cc1. The van der Waals surface area contributed by atoms with Crippen LogP contribution in [0.1, 0.15) is 57.1 Å². The van der Waals surface area contributed by atoms with E-state index in [1.54, 1.807) is 13.2 Å². The Balaban J connectivity index is 0.000000646. The van der Waals surface area contributed by atoms with Crippen LogP contribution in [0.5, 0.6) is 5.75 Å². The zero-order chi connectivity index (χ0) is 21.6.